The van der Waals surface area contributed by atoms with Gasteiger partial charge in [-0.2, -0.15) is 0 Å². The van der Waals surface area contributed by atoms with Crippen LogP contribution in [0.4, 0.5) is 11.4 Å². The largest absolute Gasteiger partial charge is 0.364 e. The highest BCUT2D eigenvalue weighted by Gasteiger charge is 2.44. The molecule has 7 rings (SSSR count). The van der Waals surface area contributed by atoms with Crippen LogP contribution in [-0.2, 0) is 20.5 Å². The van der Waals surface area contributed by atoms with Gasteiger partial charge in [0, 0.05) is 47.9 Å². The van der Waals surface area contributed by atoms with Gasteiger partial charge in [0.15, 0.2) is 0 Å². The molecule has 5 heteroatoms. The summed E-state index contributed by atoms with van der Waals surface area (Å²) >= 11 is 0. The molecule has 0 saturated heterocycles. The average Bonchev–Trinajstić information content (AvgIpc) is 3.47. The first-order valence-electron chi connectivity index (χ1n) is 18.8. The Morgan fingerprint density at radius 3 is 2.25 bits per heavy atom. The van der Waals surface area contributed by atoms with Crippen molar-refractivity contribution >= 4 is 38.8 Å². The predicted octanol–water partition coefficient (Wildman–Crippen LogP) is 10.6. The summed E-state index contributed by atoms with van der Waals surface area (Å²) in [4.78, 5) is 21.7. The molecule has 0 aromatic heterocycles. The van der Waals surface area contributed by atoms with E-state index in [0.717, 1.165) is 45.1 Å². The summed E-state index contributed by atoms with van der Waals surface area (Å²) in [7, 11) is 3.70. The fourth-order valence-corrected chi connectivity index (χ4v) is 9.11. The van der Waals surface area contributed by atoms with Gasteiger partial charge in [0.05, 0.1) is 13.2 Å². The van der Waals surface area contributed by atoms with Gasteiger partial charge in [-0.25, -0.2) is 5.48 Å². The molecule has 0 saturated carbocycles. The maximum absolute atomic E-state index is 11.9. The third-order valence-electron chi connectivity index (χ3n) is 11.6. The van der Waals surface area contributed by atoms with Crippen LogP contribution in [0.1, 0.15) is 83.8 Å². The summed E-state index contributed by atoms with van der Waals surface area (Å²) in [5.74, 6) is -0.0551. The Labute approximate surface area is 304 Å². The molecule has 0 bridgehead atoms. The van der Waals surface area contributed by atoms with E-state index in [1.807, 2.05) is 0 Å². The van der Waals surface area contributed by atoms with Gasteiger partial charge < -0.3 is 9.80 Å². The maximum Gasteiger partial charge on any atom is 0.243 e. The lowest BCUT2D eigenvalue weighted by Crippen LogP contribution is -2.40. The number of likely N-dealkylation sites (N-methyl/N-ethyl adjacent to an activating group) is 1. The third kappa shape index (κ3) is 6.53. The van der Waals surface area contributed by atoms with Crippen LogP contribution in [0.3, 0.4) is 0 Å². The van der Waals surface area contributed by atoms with Gasteiger partial charge in [-0.3, -0.25) is 9.63 Å². The van der Waals surface area contributed by atoms with E-state index in [1.54, 1.807) is 0 Å². The van der Waals surface area contributed by atoms with Crippen molar-refractivity contribution in [3.63, 3.8) is 0 Å². The van der Waals surface area contributed by atoms with Crippen molar-refractivity contribution in [1.82, 2.24) is 5.48 Å². The quantitative estimate of drug-likeness (QED) is 0.134. The highest BCUT2D eigenvalue weighted by molar-refractivity contribution is 5.95. The second-order valence-electron chi connectivity index (χ2n) is 15.7. The first kappa shape index (κ1) is 34.8. The molecule has 3 aliphatic rings. The van der Waals surface area contributed by atoms with E-state index in [9.17, 15) is 4.79 Å². The Morgan fingerprint density at radius 2 is 1.53 bits per heavy atom. The fourth-order valence-electron chi connectivity index (χ4n) is 9.11. The summed E-state index contributed by atoms with van der Waals surface area (Å²) in [5.41, 5.74) is 11.9. The summed E-state index contributed by atoms with van der Waals surface area (Å²) < 4.78 is 0. The summed E-state index contributed by atoms with van der Waals surface area (Å²) in [6.07, 6.45) is 18.8. The van der Waals surface area contributed by atoms with Crippen LogP contribution in [0.25, 0.3) is 21.5 Å². The Balaban J connectivity index is 1.14. The maximum atomic E-state index is 11.9. The van der Waals surface area contributed by atoms with Crippen LogP contribution in [0.15, 0.2) is 120 Å². The number of anilines is 2. The standard InChI is InChI=1S/C46H53N3O2/c1-45(2)40(48(5)38-26-24-34-17-9-11-19-36(34)43(38)45)28-22-32-15-14-16-33(31-32)23-29-41-46(3,4)44-37-20-12-10-18-35(37)25-27-39(44)49(41)30-13-7-8-21-42(50)47-51-6/h9-12,17-20,22-29,31,41H,7-8,13-16,21,30H2,1-6H3,(H,47,50). The van der Waals surface area contributed by atoms with E-state index in [1.165, 1.54) is 68.0 Å². The van der Waals surface area contributed by atoms with Gasteiger partial charge in [-0.15, -0.1) is 0 Å². The van der Waals surface area contributed by atoms with Crippen LogP contribution in [0.2, 0.25) is 0 Å². The van der Waals surface area contributed by atoms with Crippen molar-refractivity contribution in [2.75, 3.05) is 30.5 Å². The number of nitrogens with one attached hydrogen (secondary N) is 1. The van der Waals surface area contributed by atoms with Crippen molar-refractivity contribution < 1.29 is 9.63 Å². The highest BCUT2D eigenvalue weighted by atomic mass is 16.6. The Hall–Kier alpha value is -4.61. The average molecular weight is 680 g/mol. The van der Waals surface area contributed by atoms with Crippen molar-refractivity contribution in [2.24, 2.45) is 0 Å². The molecule has 1 amide bonds. The lowest BCUT2D eigenvalue weighted by Gasteiger charge is -2.33. The van der Waals surface area contributed by atoms with Crippen molar-refractivity contribution in [1.29, 1.82) is 0 Å². The van der Waals surface area contributed by atoms with Gasteiger partial charge in [-0.05, 0) is 94.1 Å². The predicted molar refractivity (Wildman–Crippen MR) is 214 cm³/mol. The molecule has 0 fully saturated rings. The highest BCUT2D eigenvalue weighted by Crippen LogP contribution is 2.51. The summed E-state index contributed by atoms with van der Waals surface area (Å²) in [5, 5.41) is 5.30. The van der Waals surface area contributed by atoms with E-state index < -0.39 is 0 Å². The summed E-state index contributed by atoms with van der Waals surface area (Å²) in [6, 6.07) is 27.0. The molecule has 4 aromatic rings. The molecule has 0 radical (unpaired) electrons. The Kier molecular flexibility index (Phi) is 9.69. The third-order valence-corrected chi connectivity index (χ3v) is 11.6. The zero-order valence-electron chi connectivity index (χ0n) is 31.3. The minimum absolute atomic E-state index is 0.0551. The van der Waals surface area contributed by atoms with E-state index >= 15 is 0 Å². The van der Waals surface area contributed by atoms with Crippen LogP contribution < -0.4 is 15.3 Å². The van der Waals surface area contributed by atoms with Crippen LogP contribution in [0, 0.1) is 0 Å². The number of hydroxylamine groups is 1. The molecule has 4 aromatic carbocycles. The summed E-state index contributed by atoms with van der Waals surface area (Å²) in [6.45, 7) is 10.5. The SMILES string of the molecule is CONC(=O)CCCCCN1c2ccc3ccccc3c2C(C)(C)C1C=CC1=CC(=CC=C2N(C)c3ccc4ccccc4c3C2(C)C)CCC1. The monoisotopic (exact) mass is 679 g/mol. The Morgan fingerprint density at radius 1 is 0.843 bits per heavy atom. The topological polar surface area (TPSA) is 44.8 Å². The van der Waals surface area contributed by atoms with E-state index in [-0.39, 0.29) is 22.8 Å². The number of nitrogens with zero attached hydrogens (tertiary/aromatic N) is 2. The first-order chi connectivity index (χ1) is 24.6. The van der Waals surface area contributed by atoms with Gasteiger partial charge in [0.1, 0.15) is 0 Å². The zero-order valence-corrected chi connectivity index (χ0v) is 31.3. The van der Waals surface area contributed by atoms with Crippen LogP contribution >= 0.6 is 0 Å². The van der Waals surface area contributed by atoms with Gasteiger partial charge in [0.2, 0.25) is 5.91 Å². The van der Waals surface area contributed by atoms with Crippen molar-refractivity contribution in [2.45, 2.75) is 89.5 Å². The minimum atomic E-state index is -0.0871. The van der Waals surface area contributed by atoms with Crippen molar-refractivity contribution in [3.8, 4) is 0 Å². The minimum Gasteiger partial charge on any atom is -0.364 e. The molecule has 1 N–H and O–H groups in total. The number of unbranched alkanes of at least 4 members (excludes halogenated alkanes) is 2. The molecule has 264 valence electrons. The van der Waals surface area contributed by atoms with Gasteiger partial charge in [0.25, 0.3) is 0 Å². The van der Waals surface area contributed by atoms with E-state index in [0.29, 0.717) is 6.42 Å². The molecule has 1 atom stereocenters. The molecule has 51 heavy (non-hydrogen) atoms. The Bertz CT molecular complexity index is 2080. The van der Waals surface area contributed by atoms with Crippen LogP contribution in [-0.4, -0.2) is 32.7 Å². The molecule has 1 unspecified atom stereocenters. The number of amides is 1. The smallest absolute Gasteiger partial charge is 0.243 e. The molecule has 2 heterocycles. The molecular weight excluding hydrogens is 627 g/mol. The molecule has 1 aliphatic carbocycles. The lowest BCUT2D eigenvalue weighted by molar-refractivity contribution is -0.131. The zero-order chi connectivity index (χ0) is 35.8. The number of fused-ring (bicyclic) bond motifs is 6. The molecule has 2 aliphatic heterocycles. The number of benzene rings is 4. The van der Waals surface area contributed by atoms with Gasteiger partial charge >= 0.3 is 0 Å². The number of carbonyl (C=O) groups is 1. The lowest BCUT2D eigenvalue weighted by atomic mass is 9.78. The number of hydrogen-bond donors (Lipinski definition) is 1. The molecule has 5 nitrogen and oxygen atoms in total. The van der Waals surface area contributed by atoms with Crippen molar-refractivity contribution in [3.05, 3.63) is 131 Å². The molecular formula is C46H53N3O2. The number of carbonyl (C=O) groups excluding carboxylic acids is 1. The van der Waals surface area contributed by atoms with Crippen LogP contribution in [0.5, 0.6) is 0 Å². The van der Waals surface area contributed by atoms with Gasteiger partial charge in [-0.1, -0.05) is 119 Å². The fraction of sp³-hybridized carbons (Fsp3) is 0.370. The normalized spacial score (nSPS) is 20.8. The first-order valence-corrected chi connectivity index (χ1v) is 18.8. The molecule has 0 spiro atoms. The number of allylic oxidation sites excluding steroid dienone is 7. The number of hydrogen-bond acceptors (Lipinski definition) is 4. The second-order valence-corrected chi connectivity index (χ2v) is 15.7. The van der Waals surface area contributed by atoms with E-state index in [2.05, 4.69) is 153 Å². The van der Waals surface area contributed by atoms with E-state index in [4.69, 9.17) is 4.84 Å². The number of rotatable bonds is 10. The second kappa shape index (κ2) is 14.2.